The summed E-state index contributed by atoms with van der Waals surface area (Å²) in [7, 11) is 0. The Morgan fingerprint density at radius 2 is 2.15 bits per heavy atom. The number of fused-ring (bicyclic) bond motifs is 3. The number of rotatable bonds is 6. The maximum atomic E-state index is 12.9. The summed E-state index contributed by atoms with van der Waals surface area (Å²) in [5, 5.41) is 2.93. The van der Waals surface area contributed by atoms with Crippen molar-refractivity contribution in [2.24, 2.45) is 0 Å². The Morgan fingerprint density at radius 1 is 1.26 bits per heavy atom. The summed E-state index contributed by atoms with van der Waals surface area (Å²) in [5.74, 6) is 0.00722. The Bertz CT molecular complexity index is 1030. The molecule has 3 heterocycles. The van der Waals surface area contributed by atoms with Crippen LogP contribution in [-0.4, -0.2) is 34.1 Å². The number of aromatic nitrogens is 2. The van der Waals surface area contributed by atoms with Crippen molar-refractivity contribution in [3.63, 3.8) is 0 Å². The molecule has 1 atom stereocenters. The van der Waals surface area contributed by atoms with Crippen molar-refractivity contribution in [1.29, 1.82) is 0 Å². The van der Waals surface area contributed by atoms with Crippen LogP contribution < -0.4 is 10.9 Å². The molecule has 0 aliphatic carbocycles. The Kier molecular flexibility index (Phi) is 5.31. The summed E-state index contributed by atoms with van der Waals surface area (Å²) in [5.41, 5.74) is 2.44. The second-order valence-electron chi connectivity index (χ2n) is 6.90. The highest BCUT2D eigenvalue weighted by atomic mass is 79.9. The minimum Gasteiger partial charge on any atom is -0.376 e. The van der Waals surface area contributed by atoms with Crippen molar-refractivity contribution in [2.45, 2.75) is 38.3 Å². The minimum atomic E-state index is -0.0367. The van der Waals surface area contributed by atoms with Gasteiger partial charge in [-0.3, -0.25) is 9.59 Å². The molecule has 1 amide bonds. The molecule has 4 rings (SSSR count). The molecule has 0 spiro atoms. The first-order valence-corrected chi connectivity index (χ1v) is 10.1. The van der Waals surface area contributed by atoms with E-state index in [4.69, 9.17) is 4.74 Å². The number of hydrogen-bond acceptors (Lipinski definition) is 3. The van der Waals surface area contributed by atoms with Crippen molar-refractivity contribution in [1.82, 2.24) is 14.3 Å². The Balaban J connectivity index is 1.49. The zero-order valence-corrected chi connectivity index (χ0v) is 16.6. The van der Waals surface area contributed by atoms with Gasteiger partial charge in [-0.05, 0) is 49.6 Å². The fourth-order valence-electron chi connectivity index (χ4n) is 3.67. The highest BCUT2D eigenvalue weighted by Gasteiger charge is 2.16. The van der Waals surface area contributed by atoms with E-state index in [-0.39, 0.29) is 17.6 Å². The second kappa shape index (κ2) is 7.86. The molecule has 0 bridgehead atoms. The van der Waals surface area contributed by atoms with Gasteiger partial charge in [0.2, 0.25) is 5.91 Å². The first kappa shape index (κ1) is 18.3. The summed E-state index contributed by atoms with van der Waals surface area (Å²) in [4.78, 5) is 25.0. The smallest absolute Gasteiger partial charge is 0.275 e. The normalized spacial score (nSPS) is 17.0. The fraction of sp³-hybridized carbons (Fsp3) is 0.400. The van der Waals surface area contributed by atoms with Crippen molar-refractivity contribution in [3.05, 3.63) is 51.4 Å². The lowest BCUT2D eigenvalue weighted by molar-refractivity contribution is -0.121. The van der Waals surface area contributed by atoms with Crippen LogP contribution in [0.4, 0.5) is 0 Å². The molecule has 27 heavy (non-hydrogen) atoms. The first-order valence-electron chi connectivity index (χ1n) is 9.31. The maximum absolute atomic E-state index is 12.9. The maximum Gasteiger partial charge on any atom is 0.275 e. The molecule has 1 aliphatic heterocycles. The Labute approximate surface area is 165 Å². The molecule has 3 aromatic rings. The molecule has 1 fully saturated rings. The number of benzene rings is 1. The van der Waals surface area contributed by atoms with Crippen LogP contribution in [0, 0.1) is 0 Å². The third kappa shape index (κ3) is 3.80. The van der Waals surface area contributed by atoms with E-state index in [9.17, 15) is 9.59 Å². The topological polar surface area (TPSA) is 64.7 Å². The van der Waals surface area contributed by atoms with Gasteiger partial charge in [0.15, 0.2) is 0 Å². The van der Waals surface area contributed by atoms with Crippen molar-refractivity contribution in [3.8, 4) is 0 Å². The molecule has 1 saturated heterocycles. The molecule has 1 aromatic carbocycles. The molecule has 0 saturated carbocycles. The molecule has 0 radical (unpaired) electrons. The van der Waals surface area contributed by atoms with Gasteiger partial charge < -0.3 is 19.0 Å². The quantitative estimate of drug-likeness (QED) is 0.651. The van der Waals surface area contributed by atoms with Gasteiger partial charge in [0, 0.05) is 36.8 Å². The minimum absolute atomic E-state index is 0.00722. The van der Waals surface area contributed by atoms with E-state index in [1.54, 1.807) is 4.57 Å². The summed E-state index contributed by atoms with van der Waals surface area (Å²) in [6, 6.07) is 9.62. The highest BCUT2D eigenvalue weighted by Crippen LogP contribution is 2.20. The van der Waals surface area contributed by atoms with Gasteiger partial charge in [-0.25, -0.2) is 0 Å². The van der Waals surface area contributed by atoms with E-state index < -0.39 is 0 Å². The predicted molar refractivity (Wildman–Crippen MR) is 108 cm³/mol. The molecule has 1 unspecified atom stereocenters. The summed E-state index contributed by atoms with van der Waals surface area (Å²) in [6.07, 6.45) is 5.11. The molecule has 2 aromatic heterocycles. The van der Waals surface area contributed by atoms with Crippen LogP contribution >= 0.6 is 15.9 Å². The van der Waals surface area contributed by atoms with Gasteiger partial charge in [0.1, 0.15) is 5.52 Å². The first-order chi connectivity index (χ1) is 13.1. The van der Waals surface area contributed by atoms with Gasteiger partial charge in [-0.1, -0.05) is 15.9 Å². The number of aryl methyl sites for hydroxylation is 1. The van der Waals surface area contributed by atoms with E-state index in [1.165, 1.54) is 0 Å². The van der Waals surface area contributed by atoms with E-state index in [1.807, 2.05) is 40.9 Å². The molecule has 142 valence electrons. The number of halogens is 1. The van der Waals surface area contributed by atoms with Crippen LogP contribution in [-0.2, 0) is 16.1 Å². The van der Waals surface area contributed by atoms with E-state index >= 15 is 0 Å². The van der Waals surface area contributed by atoms with Crippen LogP contribution in [0.5, 0.6) is 0 Å². The molecular formula is C20H22BrN3O3. The van der Waals surface area contributed by atoms with Crippen LogP contribution in [0.2, 0.25) is 0 Å². The number of ether oxygens (including phenoxy) is 1. The molecule has 1 N–H and O–H groups in total. The second-order valence-corrected chi connectivity index (χ2v) is 7.81. The Hall–Kier alpha value is -2.12. The molecule has 1 aliphatic rings. The SMILES string of the molecule is O=C(CCCn1c(=O)c2cccn2c2ccc(Br)cc21)NCC1CCCO1. The standard InChI is InChI=1S/C20H22BrN3O3/c21-14-7-8-16-18(12-14)24(20(26)17-5-1-9-23(16)17)10-2-6-19(25)22-13-15-4-3-11-27-15/h1,5,7-9,12,15H,2-4,6,10-11,13H2,(H,22,25). The number of carbonyl (C=O) groups is 1. The number of hydrogen-bond donors (Lipinski definition) is 1. The predicted octanol–water partition coefficient (Wildman–Crippen LogP) is 3.09. The zero-order valence-electron chi connectivity index (χ0n) is 15.0. The van der Waals surface area contributed by atoms with Crippen molar-refractivity contribution < 1.29 is 9.53 Å². The average molecular weight is 432 g/mol. The van der Waals surface area contributed by atoms with Crippen LogP contribution in [0.25, 0.3) is 16.6 Å². The average Bonchev–Trinajstić information content (AvgIpc) is 3.34. The zero-order chi connectivity index (χ0) is 18.8. The third-order valence-electron chi connectivity index (χ3n) is 5.04. The van der Waals surface area contributed by atoms with Gasteiger partial charge in [-0.15, -0.1) is 0 Å². The Morgan fingerprint density at radius 3 is 2.96 bits per heavy atom. The lowest BCUT2D eigenvalue weighted by Crippen LogP contribution is -2.32. The summed E-state index contributed by atoms with van der Waals surface area (Å²) in [6.45, 7) is 1.86. The molecule has 6 nitrogen and oxygen atoms in total. The highest BCUT2D eigenvalue weighted by molar-refractivity contribution is 9.10. The fourth-order valence-corrected chi connectivity index (χ4v) is 4.02. The number of amides is 1. The molecule has 7 heteroatoms. The van der Waals surface area contributed by atoms with Crippen LogP contribution in [0.1, 0.15) is 25.7 Å². The number of nitrogens with zero attached hydrogens (tertiary/aromatic N) is 2. The van der Waals surface area contributed by atoms with Crippen LogP contribution in [0.15, 0.2) is 45.8 Å². The van der Waals surface area contributed by atoms with Gasteiger partial charge >= 0.3 is 0 Å². The van der Waals surface area contributed by atoms with Gasteiger partial charge in [0.25, 0.3) is 5.56 Å². The van der Waals surface area contributed by atoms with Gasteiger partial charge in [0.05, 0.1) is 17.1 Å². The van der Waals surface area contributed by atoms with E-state index in [2.05, 4.69) is 21.2 Å². The van der Waals surface area contributed by atoms with Gasteiger partial charge in [-0.2, -0.15) is 0 Å². The molecular weight excluding hydrogens is 410 g/mol. The van der Waals surface area contributed by atoms with Crippen LogP contribution in [0.3, 0.4) is 0 Å². The van der Waals surface area contributed by atoms with Crippen molar-refractivity contribution >= 4 is 38.4 Å². The summed E-state index contributed by atoms with van der Waals surface area (Å²) >= 11 is 3.49. The van der Waals surface area contributed by atoms with Crippen molar-refractivity contribution in [2.75, 3.05) is 13.2 Å². The van der Waals surface area contributed by atoms with E-state index in [0.717, 1.165) is 35.0 Å². The number of carbonyl (C=O) groups excluding carboxylic acids is 1. The largest absolute Gasteiger partial charge is 0.376 e. The third-order valence-corrected chi connectivity index (χ3v) is 5.53. The van der Waals surface area contributed by atoms with E-state index in [0.29, 0.717) is 31.4 Å². The lowest BCUT2D eigenvalue weighted by atomic mass is 10.2. The monoisotopic (exact) mass is 431 g/mol. The number of nitrogens with one attached hydrogen (secondary N) is 1. The summed E-state index contributed by atoms with van der Waals surface area (Å²) < 4.78 is 10.1. The lowest BCUT2D eigenvalue weighted by Gasteiger charge is -2.14.